The molecule has 8 heteroatoms. The summed E-state index contributed by atoms with van der Waals surface area (Å²) in [6.07, 6.45) is 0. The van der Waals surface area contributed by atoms with Crippen molar-refractivity contribution >= 4 is 31.6 Å². The summed E-state index contributed by atoms with van der Waals surface area (Å²) < 4.78 is 38.9. The molecule has 0 radical (unpaired) electrons. The van der Waals surface area contributed by atoms with E-state index < -0.39 is 21.8 Å². The Balaban J connectivity index is 3.21. The van der Waals surface area contributed by atoms with Crippen molar-refractivity contribution in [3.63, 3.8) is 0 Å². The van der Waals surface area contributed by atoms with Crippen molar-refractivity contribution in [1.82, 2.24) is 4.31 Å². The van der Waals surface area contributed by atoms with Crippen molar-refractivity contribution in [1.29, 1.82) is 5.26 Å². The maximum absolute atomic E-state index is 13.2. The summed E-state index contributed by atoms with van der Waals surface area (Å²) in [7, 11) is -2.47. The number of nitriles is 1. The Morgan fingerprint density at radius 2 is 2.16 bits per heavy atom. The Morgan fingerprint density at radius 1 is 1.58 bits per heavy atom. The lowest BCUT2D eigenvalue weighted by atomic mass is 10.2. The topological polar surface area (TPSA) is 87.2 Å². The lowest BCUT2D eigenvalue weighted by molar-refractivity contribution is 0.438. The summed E-state index contributed by atoms with van der Waals surface area (Å²) in [6.45, 7) is 1.66. The molecular formula is C11H13BrFN3O2S. The van der Waals surface area contributed by atoms with Gasteiger partial charge in [0.25, 0.3) is 0 Å². The monoisotopic (exact) mass is 349 g/mol. The molecular weight excluding hydrogens is 337 g/mol. The second-order valence-corrected chi connectivity index (χ2v) is 6.99. The van der Waals surface area contributed by atoms with Gasteiger partial charge in [0.05, 0.1) is 22.6 Å². The number of nitrogens with zero attached hydrogens (tertiary/aromatic N) is 2. The second-order valence-electron chi connectivity index (χ2n) is 4.12. The van der Waals surface area contributed by atoms with Crippen LogP contribution in [-0.2, 0) is 10.0 Å². The third-order valence-corrected chi connectivity index (χ3v) is 5.27. The molecule has 0 spiro atoms. The van der Waals surface area contributed by atoms with Crippen molar-refractivity contribution < 1.29 is 12.8 Å². The van der Waals surface area contributed by atoms with Crippen LogP contribution in [0.1, 0.15) is 6.92 Å². The quantitative estimate of drug-likeness (QED) is 0.841. The number of anilines is 1. The SMILES string of the molecule is CC(C#N)CN(C)S(=O)(=O)c1cc(N)c(F)cc1Br. The van der Waals surface area contributed by atoms with Gasteiger partial charge in [0.1, 0.15) is 5.82 Å². The highest BCUT2D eigenvalue weighted by molar-refractivity contribution is 9.10. The van der Waals surface area contributed by atoms with Crippen LogP contribution in [0.15, 0.2) is 21.5 Å². The zero-order valence-corrected chi connectivity index (χ0v) is 12.8. The fourth-order valence-corrected chi connectivity index (χ4v) is 3.70. The average Bonchev–Trinajstić information content (AvgIpc) is 2.33. The summed E-state index contributed by atoms with van der Waals surface area (Å²) in [5, 5.41) is 8.70. The molecule has 0 saturated heterocycles. The highest BCUT2D eigenvalue weighted by atomic mass is 79.9. The van der Waals surface area contributed by atoms with Crippen molar-refractivity contribution in [2.75, 3.05) is 19.3 Å². The fraction of sp³-hybridized carbons (Fsp3) is 0.364. The normalized spacial score (nSPS) is 13.3. The minimum absolute atomic E-state index is 0.0442. The predicted molar refractivity (Wildman–Crippen MR) is 73.1 cm³/mol. The van der Waals surface area contributed by atoms with Crippen molar-refractivity contribution in [3.05, 3.63) is 22.4 Å². The number of halogens is 2. The van der Waals surface area contributed by atoms with Crippen LogP contribution in [0.4, 0.5) is 10.1 Å². The Hall–Kier alpha value is -1.17. The van der Waals surface area contributed by atoms with E-state index in [0.29, 0.717) is 0 Å². The number of rotatable bonds is 4. The van der Waals surface area contributed by atoms with Gasteiger partial charge >= 0.3 is 0 Å². The van der Waals surface area contributed by atoms with Gasteiger partial charge in [-0.05, 0) is 35.0 Å². The highest BCUT2D eigenvalue weighted by Crippen LogP contribution is 2.28. The molecule has 0 heterocycles. The van der Waals surface area contributed by atoms with E-state index in [-0.39, 0.29) is 21.6 Å². The number of nitrogens with two attached hydrogens (primary N) is 1. The van der Waals surface area contributed by atoms with Crippen LogP contribution in [0.5, 0.6) is 0 Å². The largest absolute Gasteiger partial charge is 0.396 e. The molecule has 1 rings (SSSR count). The lowest BCUT2D eigenvalue weighted by Gasteiger charge is -2.19. The van der Waals surface area contributed by atoms with Gasteiger partial charge < -0.3 is 5.73 Å². The Kier molecular flexibility index (Phi) is 4.90. The van der Waals surface area contributed by atoms with Gasteiger partial charge in [0.15, 0.2) is 0 Å². The van der Waals surface area contributed by atoms with Crippen LogP contribution >= 0.6 is 15.9 Å². The van der Waals surface area contributed by atoms with Crippen molar-refractivity contribution in [3.8, 4) is 6.07 Å². The van der Waals surface area contributed by atoms with Crippen LogP contribution < -0.4 is 5.73 Å². The maximum Gasteiger partial charge on any atom is 0.244 e. The van der Waals surface area contributed by atoms with Gasteiger partial charge in [-0.15, -0.1) is 0 Å². The van der Waals surface area contributed by atoms with Gasteiger partial charge in [0.2, 0.25) is 10.0 Å². The van der Waals surface area contributed by atoms with E-state index in [9.17, 15) is 12.8 Å². The van der Waals surface area contributed by atoms with Gasteiger partial charge in [0, 0.05) is 18.1 Å². The summed E-state index contributed by atoms with van der Waals surface area (Å²) >= 11 is 3.00. The first kappa shape index (κ1) is 15.9. The van der Waals surface area contributed by atoms with Crippen LogP contribution in [0, 0.1) is 23.1 Å². The summed E-state index contributed by atoms with van der Waals surface area (Å²) in [4.78, 5) is -0.126. The standard InChI is InChI=1S/C11H13BrFN3O2S/c1-7(5-14)6-16(2)19(17,18)11-4-10(15)9(13)3-8(11)12/h3-4,7H,6,15H2,1-2H3. The van der Waals surface area contributed by atoms with Gasteiger partial charge in [-0.2, -0.15) is 9.57 Å². The highest BCUT2D eigenvalue weighted by Gasteiger charge is 2.25. The van der Waals surface area contributed by atoms with E-state index in [1.54, 1.807) is 6.92 Å². The molecule has 104 valence electrons. The Labute approximate surface area is 120 Å². The first-order chi connectivity index (χ1) is 8.70. The van der Waals surface area contributed by atoms with E-state index in [0.717, 1.165) is 16.4 Å². The first-order valence-electron chi connectivity index (χ1n) is 5.30. The summed E-state index contributed by atoms with van der Waals surface area (Å²) in [5.74, 6) is -1.14. The number of sulfonamides is 1. The lowest BCUT2D eigenvalue weighted by Crippen LogP contribution is -2.31. The third-order valence-electron chi connectivity index (χ3n) is 2.49. The van der Waals surface area contributed by atoms with Gasteiger partial charge in [-0.25, -0.2) is 12.8 Å². The van der Waals surface area contributed by atoms with Gasteiger partial charge in [-0.3, -0.25) is 0 Å². The van der Waals surface area contributed by atoms with E-state index >= 15 is 0 Å². The van der Waals surface area contributed by atoms with Crippen molar-refractivity contribution in [2.45, 2.75) is 11.8 Å². The molecule has 0 fully saturated rings. The van der Waals surface area contributed by atoms with Crippen LogP contribution in [-0.4, -0.2) is 26.3 Å². The molecule has 5 nitrogen and oxygen atoms in total. The van der Waals surface area contributed by atoms with E-state index in [2.05, 4.69) is 15.9 Å². The fourth-order valence-electron chi connectivity index (χ4n) is 1.44. The zero-order chi connectivity index (χ0) is 14.8. The summed E-state index contributed by atoms with van der Waals surface area (Å²) in [6, 6.07) is 4.01. The maximum atomic E-state index is 13.2. The number of hydrogen-bond acceptors (Lipinski definition) is 4. The third kappa shape index (κ3) is 3.43. The molecule has 1 aromatic carbocycles. The molecule has 0 aromatic heterocycles. The second kappa shape index (κ2) is 5.86. The van der Waals surface area contributed by atoms with Crippen LogP contribution in [0.3, 0.4) is 0 Å². The minimum Gasteiger partial charge on any atom is -0.396 e. The zero-order valence-electron chi connectivity index (χ0n) is 10.4. The summed E-state index contributed by atoms with van der Waals surface area (Å²) in [5.41, 5.74) is 5.14. The molecule has 0 amide bonds. The van der Waals surface area contributed by atoms with Gasteiger partial charge in [-0.1, -0.05) is 0 Å². The Morgan fingerprint density at radius 3 is 2.68 bits per heavy atom. The smallest absolute Gasteiger partial charge is 0.244 e. The molecule has 0 bridgehead atoms. The molecule has 1 aromatic rings. The van der Waals surface area contributed by atoms with Crippen molar-refractivity contribution in [2.24, 2.45) is 5.92 Å². The number of benzene rings is 1. The number of nitrogen functional groups attached to an aromatic ring is 1. The van der Waals surface area contributed by atoms with E-state index in [1.165, 1.54) is 7.05 Å². The molecule has 0 aliphatic carbocycles. The molecule has 1 atom stereocenters. The van der Waals surface area contributed by atoms with E-state index in [4.69, 9.17) is 11.0 Å². The minimum atomic E-state index is -3.83. The van der Waals surface area contributed by atoms with Crippen LogP contribution in [0.2, 0.25) is 0 Å². The molecule has 0 aliphatic heterocycles. The average molecular weight is 350 g/mol. The van der Waals surface area contributed by atoms with E-state index in [1.807, 2.05) is 6.07 Å². The first-order valence-corrected chi connectivity index (χ1v) is 7.54. The number of hydrogen-bond donors (Lipinski definition) is 1. The van der Waals surface area contributed by atoms with Crippen LogP contribution in [0.25, 0.3) is 0 Å². The molecule has 0 aliphatic rings. The molecule has 19 heavy (non-hydrogen) atoms. The molecule has 2 N–H and O–H groups in total. The predicted octanol–water partition coefficient (Wildman–Crippen LogP) is 1.95. The molecule has 0 saturated carbocycles. The molecule has 1 unspecified atom stereocenters. The Bertz CT molecular complexity index is 628.